The van der Waals surface area contributed by atoms with Crippen LogP contribution in [0.5, 0.6) is 0 Å². The van der Waals surface area contributed by atoms with Gasteiger partial charge in [0, 0.05) is 29.8 Å². The molecule has 0 saturated heterocycles. The number of aromatic nitrogens is 2. The lowest BCUT2D eigenvalue weighted by Gasteiger charge is -2.11. The van der Waals surface area contributed by atoms with Crippen LogP contribution in [0.3, 0.4) is 0 Å². The van der Waals surface area contributed by atoms with Crippen molar-refractivity contribution in [2.24, 2.45) is 5.92 Å². The number of carbonyl (C=O) groups excluding carboxylic acids is 1. The summed E-state index contributed by atoms with van der Waals surface area (Å²) < 4.78 is 0. The van der Waals surface area contributed by atoms with Gasteiger partial charge in [-0.3, -0.25) is 4.79 Å². The van der Waals surface area contributed by atoms with Gasteiger partial charge in [0.25, 0.3) is 0 Å². The third kappa shape index (κ3) is 6.66. The Bertz CT molecular complexity index is 1030. The van der Waals surface area contributed by atoms with Crippen LogP contribution in [0, 0.1) is 17.8 Å². The number of aryl methyl sites for hydroxylation is 1. The summed E-state index contributed by atoms with van der Waals surface area (Å²) in [5, 5.41) is 1.18. The van der Waals surface area contributed by atoms with Gasteiger partial charge in [-0.1, -0.05) is 43.3 Å². The van der Waals surface area contributed by atoms with Gasteiger partial charge < -0.3 is 4.98 Å². The smallest absolute Gasteiger partial charge is 0.205 e. The predicted octanol–water partition coefficient (Wildman–Crippen LogP) is 5.68. The molecule has 1 aromatic carbocycles. The second-order valence-corrected chi connectivity index (χ2v) is 8.05. The second kappa shape index (κ2) is 10.7. The van der Waals surface area contributed by atoms with Crippen molar-refractivity contribution in [3.05, 3.63) is 66.0 Å². The molecule has 3 rings (SSSR count). The fraction of sp³-hybridized carbons (Fsp3) is 0.320. The maximum absolute atomic E-state index is 12.0. The molecule has 0 fully saturated rings. The van der Waals surface area contributed by atoms with Crippen LogP contribution in [-0.2, 0) is 11.2 Å². The summed E-state index contributed by atoms with van der Waals surface area (Å²) in [6.45, 7) is 2.19. The van der Waals surface area contributed by atoms with E-state index in [0.29, 0.717) is 12.3 Å². The largest absolute Gasteiger partial charge is 0.346 e. The van der Waals surface area contributed by atoms with Crippen molar-refractivity contribution in [3.8, 4) is 11.8 Å². The fourth-order valence-electron chi connectivity index (χ4n) is 3.29. The van der Waals surface area contributed by atoms with Crippen LogP contribution in [0.15, 0.2) is 54.9 Å². The molecule has 1 unspecified atom stereocenters. The number of nitrogens with zero attached hydrogens (tertiary/aromatic N) is 1. The minimum atomic E-state index is 0.0106. The molecule has 0 amide bonds. The van der Waals surface area contributed by atoms with E-state index in [1.165, 1.54) is 10.9 Å². The highest BCUT2D eigenvalue weighted by Gasteiger charge is 2.09. The summed E-state index contributed by atoms with van der Waals surface area (Å²) in [4.78, 5) is 20.6. The number of thiocarbonyl (C=S) groups is 1. The van der Waals surface area contributed by atoms with Crippen LogP contribution in [0.4, 0.5) is 0 Å². The molecule has 3 nitrogen and oxygen atoms in total. The van der Waals surface area contributed by atoms with Gasteiger partial charge in [0.05, 0.1) is 0 Å². The highest BCUT2D eigenvalue weighted by atomic mass is 32.1. The second-order valence-electron chi connectivity index (χ2n) is 7.47. The van der Waals surface area contributed by atoms with Gasteiger partial charge in [0.15, 0.2) is 0 Å². The van der Waals surface area contributed by atoms with Gasteiger partial charge in [-0.05, 0) is 78.6 Å². The molecule has 1 N–H and O–H groups in total. The monoisotopic (exact) mass is 402 g/mol. The van der Waals surface area contributed by atoms with Crippen molar-refractivity contribution in [2.45, 2.75) is 45.4 Å². The molecule has 0 spiro atoms. The van der Waals surface area contributed by atoms with E-state index in [4.69, 9.17) is 12.2 Å². The Balaban J connectivity index is 1.36. The number of rotatable bonds is 9. The number of Topliss-reactive ketones (excluding diaryl/α,β-unsaturated/α-hetero) is 1. The van der Waals surface area contributed by atoms with Crippen molar-refractivity contribution in [1.29, 1.82) is 0 Å². The Hall–Kier alpha value is -2.77. The Labute approximate surface area is 177 Å². The topological polar surface area (TPSA) is 45.8 Å². The lowest BCUT2D eigenvalue weighted by molar-refractivity contribution is -0.114. The minimum Gasteiger partial charge on any atom is -0.346 e. The zero-order valence-corrected chi connectivity index (χ0v) is 17.6. The van der Waals surface area contributed by atoms with E-state index in [-0.39, 0.29) is 5.78 Å². The van der Waals surface area contributed by atoms with Crippen LogP contribution < -0.4 is 0 Å². The molecule has 2 heterocycles. The number of ketones is 1. The first-order valence-corrected chi connectivity index (χ1v) is 10.5. The Kier molecular flexibility index (Phi) is 7.72. The van der Waals surface area contributed by atoms with Crippen LogP contribution in [0.1, 0.15) is 50.2 Å². The molecule has 0 bridgehead atoms. The van der Waals surface area contributed by atoms with Crippen molar-refractivity contribution >= 4 is 33.9 Å². The van der Waals surface area contributed by atoms with Crippen molar-refractivity contribution < 1.29 is 4.79 Å². The molecule has 0 aliphatic heterocycles. The molecule has 0 aliphatic rings. The minimum absolute atomic E-state index is 0.0106. The van der Waals surface area contributed by atoms with E-state index in [0.717, 1.165) is 48.2 Å². The van der Waals surface area contributed by atoms with Crippen LogP contribution in [-0.4, -0.2) is 20.6 Å². The molecule has 3 aromatic rings. The normalized spacial score (nSPS) is 11.6. The lowest BCUT2D eigenvalue weighted by atomic mass is 9.96. The van der Waals surface area contributed by atoms with Gasteiger partial charge in [0.2, 0.25) is 5.78 Å². The van der Waals surface area contributed by atoms with Crippen LogP contribution >= 0.6 is 12.2 Å². The van der Waals surface area contributed by atoms with Gasteiger partial charge in [-0.25, -0.2) is 4.98 Å². The lowest BCUT2D eigenvalue weighted by Crippen LogP contribution is -2.04. The molecule has 0 aliphatic carbocycles. The SMILES string of the molecule is CC(CCC(=O)C#Cc1ccccc1)CCC(=S)CCc1ccnc2[nH]ccc12. The molecule has 1 atom stereocenters. The maximum Gasteiger partial charge on any atom is 0.205 e. The number of hydrogen-bond acceptors (Lipinski definition) is 3. The number of pyridine rings is 1. The maximum atomic E-state index is 12.0. The molecular formula is C25H26N2OS. The Morgan fingerprint density at radius 1 is 1.10 bits per heavy atom. The predicted molar refractivity (Wildman–Crippen MR) is 123 cm³/mol. The molecule has 2 aromatic heterocycles. The highest BCUT2D eigenvalue weighted by Crippen LogP contribution is 2.19. The van der Waals surface area contributed by atoms with E-state index in [1.807, 2.05) is 42.7 Å². The summed E-state index contributed by atoms with van der Waals surface area (Å²) in [5.41, 5.74) is 3.10. The average Bonchev–Trinajstić information content (AvgIpc) is 3.23. The summed E-state index contributed by atoms with van der Waals surface area (Å²) in [6.07, 6.45) is 8.94. The fourth-order valence-corrected chi connectivity index (χ4v) is 3.51. The van der Waals surface area contributed by atoms with Crippen LogP contribution in [0.2, 0.25) is 0 Å². The van der Waals surface area contributed by atoms with E-state index in [2.05, 4.69) is 40.9 Å². The number of aromatic amines is 1. The van der Waals surface area contributed by atoms with Gasteiger partial charge in [-0.2, -0.15) is 0 Å². The molecule has 148 valence electrons. The zero-order chi connectivity index (χ0) is 20.5. The molecule has 29 heavy (non-hydrogen) atoms. The standard InChI is InChI=1S/C25H26N2OS/c1-19(7-11-22(28)12-9-20-5-3-2-4-6-20)8-13-23(29)14-10-21-15-17-26-25-24(21)16-18-27-25/h2-6,15-19H,7-8,10-11,13-14H2,1H3,(H,26,27). The zero-order valence-electron chi connectivity index (χ0n) is 16.8. The summed E-state index contributed by atoms with van der Waals surface area (Å²) in [7, 11) is 0. The number of hydrogen-bond donors (Lipinski definition) is 1. The number of carbonyl (C=O) groups is 1. The molecular weight excluding hydrogens is 376 g/mol. The first kappa shape index (κ1) is 21.0. The van der Waals surface area contributed by atoms with Gasteiger partial charge >= 0.3 is 0 Å². The van der Waals surface area contributed by atoms with E-state index < -0.39 is 0 Å². The number of benzene rings is 1. The number of fused-ring (bicyclic) bond motifs is 1. The van der Waals surface area contributed by atoms with Crippen molar-refractivity contribution in [2.75, 3.05) is 0 Å². The Morgan fingerprint density at radius 2 is 1.90 bits per heavy atom. The molecule has 0 radical (unpaired) electrons. The number of nitrogens with one attached hydrogen (secondary N) is 1. The average molecular weight is 403 g/mol. The quantitative estimate of drug-likeness (QED) is 0.370. The number of H-pyrrole nitrogens is 1. The summed E-state index contributed by atoms with van der Waals surface area (Å²) in [5.74, 6) is 6.16. The van der Waals surface area contributed by atoms with E-state index in [9.17, 15) is 4.79 Å². The van der Waals surface area contributed by atoms with E-state index in [1.54, 1.807) is 0 Å². The van der Waals surface area contributed by atoms with Gasteiger partial charge in [0.1, 0.15) is 5.65 Å². The highest BCUT2D eigenvalue weighted by molar-refractivity contribution is 7.80. The molecule has 0 saturated carbocycles. The van der Waals surface area contributed by atoms with Gasteiger partial charge in [-0.15, -0.1) is 0 Å². The van der Waals surface area contributed by atoms with Crippen molar-refractivity contribution in [1.82, 2.24) is 9.97 Å². The first-order chi connectivity index (χ1) is 14.1. The molecule has 4 heteroatoms. The van der Waals surface area contributed by atoms with E-state index >= 15 is 0 Å². The summed E-state index contributed by atoms with van der Waals surface area (Å²) in [6, 6.07) is 13.8. The first-order valence-electron chi connectivity index (χ1n) is 10.1. The van der Waals surface area contributed by atoms with Crippen molar-refractivity contribution in [3.63, 3.8) is 0 Å². The summed E-state index contributed by atoms with van der Waals surface area (Å²) >= 11 is 5.59. The third-order valence-corrected chi connectivity index (χ3v) is 5.53. The third-order valence-electron chi connectivity index (χ3n) is 5.12. The van der Waals surface area contributed by atoms with Crippen LogP contribution in [0.25, 0.3) is 11.0 Å². The Morgan fingerprint density at radius 3 is 2.72 bits per heavy atom.